The minimum atomic E-state index is -0.778. The second kappa shape index (κ2) is 4.53. The maximum Gasteiger partial charge on any atom is 0.311 e. The van der Waals surface area contributed by atoms with Crippen molar-refractivity contribution in [1.29, 1.82) is 0 Å². The van der Waals surface area contributed by atoms with Gasteiger partial charge in [-0.05, 0) is 32.1 Å². The van der Waals surface area contributed by atoms with Crippen molar-refractivity contribution in [2.75, 3.05) is 19.6 Å². The summed E-state index contributed by atoms with van der Waals surface area (Å²) in [7, 11) is 0. The standard InChI is InChI=1S/C13H22N2O3/c1-2-12(11(17)18)4-3-7-15(9-12)10(16)13(8-14)5-6-13/h2-9,14H2,1H3,(H,17,18). The molecule has 2 rings (SSSR count). The quantitative estimate of drug-likeness (QED) is 0.778. The second-order valence-corrected chi connectivity index (χ2v) is 5.75. The van der Waals surface area contributed by atoms with Crippen molar-refractivity contribution in [3.8, 4) is 0 Å². The molecule has 0 aromatic carbocycles. The predicted octanol–water partition coefficient (Wildman–Crippen LogP) is 0.829. The lowest BCUT2D eigenvalue weighted by molar-refractivity contribution is -0.156. The number of rotatable bonds is 4. The molecular weight excluding hydrogens is 232 g/mol. The van der Waals surface area contributed by atoms with Crippen LogP contribution in [0.25, 0.3) is 0 Å². The van der Waals surface area contributed by atoms with Gasteiger partial charge in [0, 0.05) is 19.6 Å². The molecule has 0 radical (unpaired) electrons. The lowest BCUT2D eigenvalue weighted by Gasteiger charge is -2.40. The number of hydrogen-bond acceptors (Lipinski definition) is 3. The highest BCUT2D eigenvalue weighted by molar-refractivity contribution is 5.86. The first-order valence-corrected chi connectivity index (χ1v) is 6.72. The summed E-state index contributed by atoms with van der Waals surface area (Å²) < 4.78 is 0. The van der Waals surface area contributed by atoms with Gasteiger partial charge in [0.15, 0.2) is 0 Å². The van der Waals surface area contributed by atoms with Crippen molar-refractivity contribution in [2.45, 2.75) is 39.0 Å². The average molecular weight is 254 g/mol. The van der Waals surface area contributed by atoms with E-state index in [9.17, 15) is 14.7 Å². The van der Waals surface area contributed by atoms with Gasteiger partial charge in [-0.25, -0.2) is 0 Å². The Hall–Kier alpha value is -1.10. The summed E-state index contributed by atoms with van der Waals surface area (Å²) in [5, 5.41) is 9.40. The fourth-order valence-corrected chi connectivity index (χ4v) is 2.91. The van der Waals surface area contributed by atoms with E-state index in [-0.39, 0.29) is 11.3 Å². The molecule has 0 aromatic rings. The molecule has 102 valence electrons. The van der Waals surface area contributed by atoms with Crippen molar-refractivity contribution >= 4 is 11.9 Å². The molecule has 1 saturated heterocycles. The summed E-state index contributed by atoms with van der Waals surface area (Å²) >= 11 is 0. The molecule has 1 atom stereocenters. The summed E-state index contributed by atoms with van der Waals surface area (Å²) in [6.45, 7) is 3.29. The van der Waals surface area contributed by atoms with E-state index < -0.39 is 11.4 Å². The maximum atomic E-state index is 12.4. The Kier molecular flexibility index (Phi) is 3.36. The van der Waals surface area contributed by atoms with Crippen LogP contribution in [0.1, 0.15) is 39.0 Å². The summed E-state index contributed by atoms with van der Waals surface area (Å²) in [4.78, 5) is 25.6. The van der Waals surface area contributed by atoms with Gasteiger partial charge in [-0.15, -0.1) is 0 Å². The summed E-state index contributed by atoms with van der Waals surface area (Å²) in [5.74, 6) is -0.705. The minimum absolute atomic E-state index is 0.0729. The third-order valence-corrected chi connectivity index (χ3v) is 4.69. The van der Waals surface area contributed by atoms with Crippen LogP contribution in [0.3, 0.4) is 0 Å². The van der Waals surface area contributed by atoms with Crippen LogP contribution in [0.4, 0.5) is 0 Å². The van der Waals surface area contributed by atoms with E-state index in [0.29, 0.717) is 32.5 Å². The van der Waals surface area contributed by atoms with Crippen LogP contribution in [-0.2, 0) is 9.59 Å². The van der Waals surface area contributed by atoms with E-state index in [1.807, 2.05) is 6.92 Å². The van der Waals surface area contributed by atoms with Crippen molar-refractivity contribution < 1.29 is 14.7 Å². The van der Waals surface area contributed by atoms with Crippen LogP contribution in [-0.4, -0.2) is 41.5 Å². The SMILES string of the molecule is CCC1(C(=O)O)CCCN(C(=O)C2(CN)CC2)C1. The molecule has 0 spiro atoms. The Morgan fingerprint density at radius 3 is 2.39 bits per heavy atom. The Morgan fingerprint density at radius 2 is 1.94 bits per heavy atom. The van der Waals surface area contributed by atoms with Crippen molar-refractivity contribution in [2.24, 2.45) is 16.6 Å². The zero-order valence-corrected chi connectivity index (χ0v) is 10.9. The van der Waals surface area contributed by atoms with Gasteiger partial charge >= 0.3 is 5.97 Å². The average Bonchev–Trinajstić information content (AvgIpc) is 3.18. The van der Waals surface area contributed by atoms with Gasteiger partial charge in [-0.1, -0.05) is 6.92 Å². The Balaban J connectivity index is 2.11. The molecule has 1 saturated carbocycles. The van der Waals surface area contributed by atoms with Gasteiger partial charge in [-0.2, -0.15) is 0 Å². The van der Waals surface area contributed by atoms with Gasteiger partial charge in [0.05, 0.1) is 10.8 Å². The minimum Gasteiger partial charge on any atom is -0.481 e. The molecule has 5 nitrogen and oxygen atoms in total. The van der Waals surface area contributed by atoms with Crippen LogP contribution in [0, 0.1) is 10.8 Å². The number of nitrogens with two attached hydrogens (primary N) is 1. The lowest BCUT2D eigenvalue weighted by atomic mass is 9.77. The fraction of sp³-hybridized carbons (Fsp3) is 0.846. The molecule has 2 aliphatic rings. The van der Waals surface area contributed by atoms with Gasteiger partial charge < -0.3 is 15.7 Å². The van der Waals surface area contributed by atoms with Crippen LogP contribution >= 0.6 is 0 Å². The van der Waals surface area contributed by atoms with E-state index in [0.717, 1.165) is 19.3 Å². The summed E-state index contributed by atoms with van der Waals surface area (Å²) in [6, 6.07) is 0. The third kappa shape index (κ3) is 2.00. The predicted molar refractivity (Wildman–Crippen MR) is 66.9 cm³/mol. The molecular formula is C13H22N2O3. The summed E-state index contributed by atoms with van der Waals surface area (Å²) in [5.41, 5.74) is 4.56. The lowest BCUT2D eigenvalue weighted by Crippen LogP contribution is -2.52. The molecule has 1 aliphatic heterocycles. The highest BCUT2D eigenvalue weighted by Gasteiger charge is 2.52. The molecule has 1 aliphatic carbocycles. The number of carbonyl (C=O) groups excluding carboxylic acids is 1. The number of carboxylic acid groups (broad SMARTS) is 1. The smallest absolute Gasteiger partial charge is 0.311 e. The number of likely N-dealkylation sites (tertiary alicyclic amines) is 1. The molecule has 1 heterocycles. The number of carboxylic acids is 1. The molecule has 18 heavy (non-hydrogen) atoms. The number of aliphatic carboxylic acids is 1. The highest BCUT2D eigenvalue weighted by atomic mass is 16.4. The first-order chi connectivity index (χ1) is 8.49. The summed E-state index contributed by atoms with van der Waals surface area (Å²) in [6.07, 6.45) is 3.71. The van der Waals surface area contributed by atoms with Gasteiger partial charge in [0.1, 0.15) is 0 Å². The topological polar surface area (TPSA) is 83.6 Å². The maximum absolute atomic E-state index is 12.4. The van der Waals surface area contributed by atoms with Crippen LogP contribution < -0.4 is 5.73 Å². The number of nitrogens with zero attached hydrogens (tertiary/aromatic N) is 1. The zero-order chi connectivity index (χ0) is 13.4. The van der Waals surface area contributed by atoms with Crippen LogP contribution in [0.2, 0.25) is 0 Å². The van der Waals surface area contributed by atoms with Crippen molar-refractivity contribution in [3.63, 3.8) is 0 Å². The molecule has 0 aromatic heterocycles. The Bertz CT molecular complexity index is 365. The van der Waals surface area contributed by atoms with E-state index in [4.69, 9.17) is 5.73 Å². The van der Waals surface area contributed by atoms with E-state index in [1.54, 1.807) is 4.90 Å². The van der Waals surface area contributed by atoms with Gasteiger partial charge in [0.2, 0.25) is 5.91 Å². The Labute approximate surface area is 107 Å². The first-order valence-electron chi connectivity index (χ1n) is 6.72. The van der Waals surface area contributed by atoms with Crippen LogP contribution in [0.15, 0.2) is 0 Å². The van der Waals surface area contributed by atoms with Crippen molar-refractivity contribution in [1.82, 2.24) is 4.90 Å². The fourth-order valence-electron chi connectivity index (χ4n) is 2.91. The normalized spacial score (nSPS) is 30.0. The molecule has 5 heteroatoms. The van der Waals surface area contributed by atoms with Gasteiger partial charge in [0.25, 0.3) is 0 Å². The zero-order valence-electron chi connectivity index (χ0n) is 10.9. The third-order valence-electron chi connectivity index (χ3n) is 4.69. The monoisotopic (exact) mass is 254 g/mol. The highest BCUT2D eigenvalue weighted by Crippen LogP contribution is 2.47. The van der Waals surface area contributed by atoms with E-state index in [2.05, 4.69) is 0 Å². The van der Waals surface area contributed by atoms with Crippen LogP contribution in [0.5, 0.6) is 0 Å². The largest absolute Gasteiger partial charge is 0.481 e. The number of piperidine rings is 1. The number of amides is 1. The van der Waals surface area contributed by atoms with Gasteiger partial charge in [-0.3, -0.25) is 9.59 Å². The van der Waals surface area contributed by atoms with E-state index in [1.165, 1.54) is 0 Å². The molecule has 2 fully saturated rings. The number of carbonyl (C=O) groups is 2. The van der Waals surface area contributed by atoms with E-state index >= 15 is 0 Å². The molecule has 3 N–H and O–H groups in total. The molecule has 0 bridgehead atoms. The number of hydrogen-bond donors (Lipinski definition) is 2. The Morgan fingerprint density at radius 1 is 1.28 bits per heavy atom. The first kappa shape index (κ1) is 13.3. The van der Waals surface area contributed by atoms with Crippen molar-refractivity contribution in [3.05, 3.63) is 0 Å². The molecule has 1 amide bonds. The second-order valence-electron chi connectivity index (χ2n) is 5.75. The molecule has 1 unspecified atom stereocenters.